The summed E-state index contributed by atoms with van der Waals surface area (Å²) < 4.78 is 10.2. The molecular weight excluding hydrogens is 159 g/mol. The van der Waals surface area contributed by atoms with E-state index in [1.807, 2.05) is 6.92 Å². The largest absolute Gasteiger partial charge is 0.326 e. The summed E-state index contributed by atoms with van der Waals surface area (Å²) in [7, 11) is -3.72. The first-order valence-corrected chi connectivity index (χ1v) is 5.64. The lowest BCUT2D eigenvalue weighted by atomic mass is 10.9. The molecule has 0 aliphatic carbocycles. The van der Waals surface area contributed by atoms with Gasteiger partial charge in [0.25, 0.3) is 0 Å². The molecule has 0 bridgehead atoms. The quantitative estimate of drug-likeness (QED) is 0.486. The van der Waals surface area contributed by atoms with E-state index in [1.165, 1.54) is 0 Å². The summed E-state index contributed by atoms with van der Waals surface area (Å²) >= 11 is 1.54. The highest BCUT2D eigenvalue weighted by molar-refractivity contribution is 7.99. The van der Waals surface area contributed by atoms with Gasteiger partial charge in [-0.25, -0.2) is 0 Å². The van der Waals surface area contributed by atoms with Gasteiger partial charge >= 0.3 is 7.60 Å². The summed E-state index contributed by atoms with van der Waals surface area (Å²) in [6.45, 7) is 1.96. The zero-order chi connectivity index (χ0) is 7.33. The zero-order valence-corrected chi connectivity index (χ0v) is 6.99. The van der Waals surface area contributed by atoms with Crippen LogP contribution in [0.15, 0.2) is 0 Å². The van der Waals surface area contributed by atoms with E-state index < -0.39 is 7.60 Å². The molecule has 0 atom stereocenters. The van der Waals surface area contributed by atoms with Crippen molar-refractivity contribution in [3.05, 3.63) is 0 Å². The van der Waals surface area contributed by atoms with Crippen molar-refractivity contribution < 1.29 is 14.4 Å². The molecule has 0 aromatic rings. The maximum absolute atomic E-state index is 10.2. The van der Waals surface area contributed by atoms with Gasteiger partial charge in [0.2, 0.25) is 0 Å². The van der Waals surface area contributed by atoms with E-state index in [4.69, 9.17) is 9.79 Å². The highest BCUT2D eigenvalue weighted by atomic mass is 32.2. The fourth-order valence-electron chi connectivity index (χ4n) is 0.328. The van der Waals surface area contributed by atoms with Crippen LogP contribution in [0, 0.1) is 0 Å². The average molecular weight is 170 g/mol. The van der Waals surface area contributed by atoms with Gasteiger partial charge in [0.15, 0.2) is 0 Å². The van der Waals surface area contributed by atoms with Crippen molar-refractivity contribution >= 4 is 19.4 Å². The van der Waals surface area contributed by atoms with Crippen LogP contribution in [0.3, 0.4) is 0 Å². The molecule has 9 heavy (non-hydrogen) atoms. The van der Waals surface area contributed by atoms with E-state index in [0.717, 1.165) is 5.75 Å². The fraction of sp³-hybridized carbons (Fsp3) is 1.00. The maximum atomic E-state index is 10.2. The lowest BCUT2D eigenvalue weighted by Crippen LogP contribution is -1.90. The second kappa shape index (κ2) is 4.34. The van der Waals surface area contributed by atoms with E-state index in [2.05, 4.69) is 0 Å². The first-order chi connectivity index (χ1) is 4.06. The fourth-order valence-corrected chi connectivity index (χ4v) is 2.08. The molecule has 0 aromatic heterocycles. The van der Waals surface area contributed by atoms with Gasteiger partial charge in [-0.15, -0.1) is 0 Å². The zero-order valence-electron chi connectivity index (χ0n) is 5.28. The molecule has 3 nitrogen and oxygen atoms in total. The molecule has 5 heteroatoms. The Kier molecular flexibility index (Phi) is 4.58. The minimum Gasteiger partial charge on any atom is -0.324 e. The Labute approximate surface area is 59.0 Å². The first-order valence-electron chi connectivity index (χ1n) is 2.68. The summed E-state index contributed by atoms with van der Waals surface area (Å²) in [6, 6.07) is 0. The molecule has 0 heterocycles. The van der Waals surface area contributed by atoms with Crippen molar-refractivity contribution in [2.45, 2.75) is 6.92 Å². The molecule has 0 aliphatic rings. The minimum absolute atomic E-state index is 0.00546. The third kappa shape index (κ3) is 8.50. The van der Waals surface area contributed by atoms with Gasteiger partial charge in [-0.1, -0.05) is 6.92 Å². The Morgan fingerprint density at radius 3 is 2.44 bits per heavy atom. The van der Waals surface area contributed by atoms with Gasteiger partial charge in [0.05, 0.1) is 6.16 Å². The van der Waals surface area contributed by atoms with Crippen LogP contribution in [0.4, 0.5) is 0 Å². The van der Waals surface area contributed by atoms with Gasteiger partial charge in [-0.2, -0.15) is 11.8 Å². The van der Waals surface area contributed by atoms with Crippen LogP contribution >= 0.6 is 19.4 Å². The van der Waals surface area contributed by atoms with Crippen LogP contribution in [0.25, 0.3) is 0 Å². The van der Waals surface area contributed by atoms with E-state index in [0.29, 0.717) is 5.75 Å². The lowest BCUT2D eigenvalue weighted by molar-refractivity contribution is 0.375. The van der Waals surface area contributed by atoms with Crippen molar-refractivity contribution in [1.29, 1.82) is 0 Å². The Bertz CT molecular complexity index is 110. The van der Waals surface area contributed by atoms with Crippen molar-refractivity contribution in [1.82, 2.24) is 0 Å². The maximum Gasteiger partial charge on any atom is 0.326 e. The number of hydrogen-bond donors (Lipinski definition) is 2. The van der Waals surface area contributed by atoms with Gasteiger partial charge in [-0.3, -0.25) is 4.57 Å². The third-order valence-corrected chi connectivity index (χ3v) is 2.74. The number of rotatable bonds is 4. The standard InChI is InChI=1S/C4H11O3PS/c1-2-9-4-3-8(5,6)7/h2-4H2,1H3,(H2,5,6,7). The number of thioether (sulfide) groups is 1. The normalized spacial score (nSPS) is 11.9. The summed E-state index contributed by atoms with van der Waals surface area (Å²) in [5.41, 5.74) is 0. The van der Waals surface area contributed by atoms with Gasteiger partial charge in [0.1, 0.15) is 0 Å². The first kappa shape index (κ1) is 9.50. The highest BCUT2D eigenvalue weighted by Crippen LogP contribution is 2.34. The van der Waals surface area contributed by atoms with E-state index in [-0.39, 0.29) is 6.16 Å². The van der Waals surface area contributed by atoms with Crippen molar-refractivity contribution in [2.24, 2.45) is 0 Å². The Morgan fingerprint density at radius 2 is 2.11 bits per heavy atom. The van der Waals surface area contributed by atoms with Crippen molar-refractivity contribution in [3.8, 4) is 0 Å². The topological polar surface area (TPSA) is 57.5 Å². The molecule has 0 aromatic carbocycles. The smallest absolute Gasteiger partial charge is 0.324 e. The van der Waals surface area contributed by atoms with Crippen molar-refractivity contribution in [2.75, 3.05) is 17.7 Å². The molecule has 0 unspecified atom stereocenters. The molecule has 0 saturated carbocycles. The third-order valence-electron chi connectivity index (χ3n) is 0.731. The molecule has 0 fully saturated rings. The molecule has 0 radical (unpaired) electrons. The summed E-state index contributed by atoms with van der Waals surface area (Å²) in [5, 5.41) is 0. The minimum atomic E-state index is -3.72. The van der Waals surface area contributed by atoms with Crippen LogP contribution in [-0.2, 0) is 4.57 Å². The average Bonchev–Trinajstić information content (AvgIpc) is 1.63. The van der Waals surface area contributed by atoms with Crippen LogP contribution < -0.4 is 0 Å². The molecule has 0 aliphatic heterocycles. The molecule has 56 valence electrons. The predicted molar refractivity (Wildman–Crippen MR) is 39.9 cm³/mol. The highest BCUT2D eigenvalue weighted by Gasteiger charge is 2.10. The Hall–Kier alpha value is 0.500. The molecule has 0 amide bonds. The summed E-state index contributed by atoms with van der Waals surface area (Å²) in [6.07, 6.45) is 0.00546. The van der Waals surface area contributed by atoms with E-state index in [1.54, 1.807) is 11.8 Å². The Balaban J connectivity index is 3.18. The van der Waals surface area contributed by atoms with E-state index in [9.17, 15) is 4.57 Å². The van der Waals surface area contributed by atoms with Crippen LogP contribution in [0.2, 0.25) is 0 Å². The van der Waals surface area contributed by atoms with Crippen LogP contribution in [0.5, 0.6) is 0 Å². The lowest BCUT2D eigenvalue weighted by Gasteiger charge is -2.00. The Morgan fingerprint density at radius 1 is 1.56 bits per heavy atom. The second-order valence-electron chi connectivity index (χ2n) is 1.59. The van der Waals surface area contributed by atoms with E-state index >= 15 is 0 Å². The molecular formula is C4H11O3PS. The summed E-state index contributed by atoms with van der Waals surface area (Å²) in [5.74, 6) is 1.47. The monoisotopic (exact) mass is 170 g/mol. The van der Waals surface area contributed by atoms with Crippen LogP contribution in [0.1, 0.15) is 6.92 Å². The molecule has 0 rings (SSSR count). The van der Waals surface area contributed by atoms with Crippen molar-refractivity contribution in [3.63, 3.8) is 0 Å². The van der Waals surface area contributed by atoms with Crippen LogP contribution in [-0.4, -0.2) is 27.5 Å². The summed E-state index contributed by atoms with van der Waals surface area (Å²) in [4.78, 5) is 16.7. The predicted octanol–water partition coefficient (Wildman–Crippen LogP) is 0.917. The molecule has 0 spiro atoms. The second-order valence-corrected chi connectivity index (χ2v) is 4.76. The molecule has 0 saturated heterocycles. The number of hydrogen-bond acceptors (Lipinski definition) is 2. The SMILES string of the molecule is CCSCCP(=O)(O)O. The van der Waals surface area contributed by atoms with Gasteiger partial charge < -0.3 is 9.79 Å². The molecule has 2 N–H and O–H groups in total. The van der Waals surface area contributed by atoms with Gasteiger partial charge in [0, 0.05) is 5.75 Å². The van der Waals surface area contributed by atoms with Gasteiger partial charge in [-0.05, 0) is 5.75 Å².